The molecule has 7 heteroatoms. The number of hydrogen-bond acceptors (Lipinski definition) is 3. The summed E-state index contributed by atoms with van der Waals surface area (Å²) in [6.45, 7) is 0.776. The van der Waals surface area contributed by atoms with Gasteiger partial charge in [-0.2, -0.15) is 13.2 Å². The van der Waals surface area contributed by atoms with Crippen LogP contribution in [-0.2, 0) is 0 Å². The van der Waals surface area contributed by atoms with Crippen molar-refractivity contribution in [3.05, 3.63) is 23.8 Å². The number of anilines is 1. The third-order valence-electron chi connectivity index (χ3n) is 2.03. The molecule has 0 saturated heterocycles. The van der Waals surface area contributed by atoms with Crippen LogP contribution >= 0.6 is 0 Å². The van der Waals surface area contributed by atoms with E-state index in [4.69, 9.17) is 10.8 Å². The van der Waals surface area contributed by atoms with Gasteiger partial charge in [0.05, 0.1) is 5.69 Å². The number of rotatable bonds is 3. The third-order valence-corrected chi connectivity index (χ3v) is 2.03. The van der Waals surface area contributed by atoms with Gasteiger partial charge in [0.15, 0.2) is 11.9 Å². The summed E-state index contributed by atoms with van der Waals surface area (Å²) in [4.78, 5) is 10.8. The second-order valence-electron chi connectivity index (χ2n) is 3.33. The van der Waals surface area contributed by atoms with Crippen LogP contribution in [-0.4, -0.2) is 23.4 Å². The van der Waals surface area contributed by atoms with E-state index in [1.54, 1.807) is 0 Å². The van der Waals surface area contributed by atoms with E-state index in [-0.39, 0.29) is 5.69 Å². The minimum absolute atomic E-state index is 0.152. The van der Waals surface area contributed by atoms with Gasteiger partial charge >= 0.3 is 12.1 Å². The number of nitrogens with two attached hydrogens (primary N) is 1. The van der Waals surface area contributed by atoms with Gasteiger partial charge in [-0.25, -0.2) is 4.79 Å². The highest BCUT2D eigenvalue weighted by Gasteiger charge is 2.39. The Morgan fingerprint density at radius 2 is 2.06 bits per heavy atom. The van der Waals surface area contributed by atoms with Crippen LogP contribution in [0.2, 0.25) is 0 Å². The predicted molar refractivity (Wildman–Crippen MR) is 54.0 cm³/mol. The fourth-order valence-corrected chi connectivity index (χ4v) is 1.10. The van der Waals surface area contributed by atoms with Crippen molar-refractivity contribution in [1.82, 2.24) is 0 Å². The maximum Gasteiger partial charge on any atom is 0.425 e. The molecule has 0 radical (unpaired) electrons. The van der Waals surface area contributed by atoms with Gasteiger partial charge < -0.3 is 15.6 Å². The summed E-state index contributed by atoms with van der Waals surface area (Å²) in [5.74, 6) is -1.87. The largest absolute Gasteiger partial charge is 0.478 e. The first kappa shape index (κ1) is 13.1. The Morgan fingerprint density at radius 3 is 2.53 bits per heavy atom. The van der Waals surface area contributed by atoms with Gasteiger partial charge in [0, 0.05) is 0 Å². The number of halogens is 3. The smallest absolute Gasteiger partial charge is 0.425 e. The third kappa shape index (κ3) is 3.02. The number of ether oxygens (including phenoxy) is 1. The van der Waals surface area contributed by atoms with Crippen LogP contribution in [0.4, 0.5) is 18.9 Å². The monoisotopic (exact) mass is 249 g/mol. The van der Waals surface area contributed by atoms with Crippen LogP contribution in [0.5, 0.6) is 5.75 Å². The molecule has 1 aromatic rings. The molecule has 1 atom stereocenters. The summed E-state index contributed by atoms with van der Waals surface area (Å²) in [5, 5.41) is 8.79. The summed E-state index contributed by atoms with van der Waals surface area (Å²) >= 11 is 0. The average Bonchev–Trinajstić information content (AvgIpc) is 2.18. The van der Waals surface area contributed by atoms with E-state index >= 15 is 0 Å². The zero-order valence-electron chi connectivity index (χ0n) is 8.78. The number of carbonyl (C=O) groups is 1. The lowest BCUT2D eigenvalue weighted by atomic mass is 10.1. The van der Waals surface area contributed by atoms with Gasteiger partial charge in [0.2, 0.25) is 0 Å². The average molecular weight is 249 g/mol. The molecule has 1 unspecified atom stereocenters. The molecule has 1 rings (SSSR count). The highest BCUT2D eigenvalue weighted by Crippen LogP contribution is 2.31. The molecule has 0 aliphatic carbocycles. The lowest BCUT2D eigenvalue weighted by Gasteiger charge is -2.19. The molecule has 1 aromatic carbocycles. The number of nitrogen functional groups attached to an aromatic ring is 1. The van der Waals surface area contributed by atoms with Crippen LogP contribution in [0.15, 0.2) is 18.2 Å². The van der Waals surface area contributed by atoms with Crippen LogP contribution in [0.1, 0.15) is 17.3 Å². The first-order valence-corrected chi connectivity index (χ1v) is 4.58. The standard InChI is InChI=1S/C10H10F3NO3/c1-5(10(11,12)13)17-8-6(9(15)16)3-2-4-7(8)14/h2-5H,14H2,1H3,(H,15,16). The van der Waals surface area contributed by atoms with Crippen molar-refractivity contribution in [1.29, 1.82) is 0 Å². The minimum atomic E-state index is -4.59. The normalized spacial score (nSPS) is 13.2. The number of alkyl halides is 3. The molecule has 0 bridgehead atoms. The minimum Gasteiger partial charge on any atom is -0.478 e. The summed E-state index contributed by atoms with van der Waals surface area (Å²) < 4.78 is 41.4. The van der Waals surface area contributed by atoms with Crippen LogP contribution in [0.3, 0.4) is 0 Å². The number of para-hydroxylation sites is 1. The molecule has 0 spiro atoms. The Morgan fingerprint density at radius 1 is 1.47 bits per heavy atom. The van der Waals surface area contributed by atoms with Crippen molar-refractivity contribution in [2.45, 2.75) is 19.2 Å². The lowest BCUT2D eigenvalue weighted by molar-refractivity contribution is -0.189. The van der Waals surface area contributed by atoms with Gasteiger partial charge in [-0.3, -0.25) is 0 Å². The zero-order valence-corrected chi connectivity index (χ0v) is 8.78. The van der Waals surface area contributed by atoms with Gasteiger partial charge in [0.1, 0.15) is 5.56 Å². The molecule has 0 heterocycles. The Labute approximate surface area is 94.8 Å². The second-order valence-corrected chi connectivity index (χ2v) is 3.33. The van der Waals surface area contributed by atoms with E-state index < -0.39 is 29.6 Å². The molecule has 0 aromatic heterocycles. The number of carboxylic acids is 1. The summed E-state index contributed by atoms with van der Waals surface area (Å²) in [6, 6.07) is 3.71. The molecule has 4 nitrogen and oxygen atoms in total. The first-order valence-electron chi connectivity index (χ1n) is 4.58. The van der Waals surface area contributed by atoms with Crippen LogP contribution in [0.25, 0.3) is 0 Å². The zero-order chi connectivity index (χ0) is 13.2. The molecule has 17 heavy (non-hydrogen) atoms. The Bertz CT molecular complexity index is 431. The fourth-order valence-electron chi connectivity index (χ4n) is 1.10. The van der Waals surface area contributed by atoms with E-state index in [1.807, 2.05) is 0 Å². The van der Waals surface area contributed by atoms with Crippen molar-refractivity contribution in [3.63, 3.8) is 0 Å². The molecule has 0 fully saturated rings. The number of carboxylic acid groups (broad SMARTS) is 1. The van der Waals surface area contributed by atoms with E-state index in [1.165, 1.54) is 12.1 Å². The van der Waals surface area contributed by atoms with E-state index in [9.17, 15) is 18.0 Å². The van der Waals surface area contributed by atoms with Gasteiger partial charge in [0.25, 0.3) is 0 Å². The van der Waals surface area contributed by atoms with Crippen molar-refractivity contribution in [2.24, 2.45) is 0 Å². The van der Waals surface area contributed by atoms with Gasteiger partial charge in [-0.05, 0) is 19.1 Å². The quantitative estimate of drug-likeness (QED) is 0.806. The topological polar surface area (TPSA) is 72.5 Å². The summed E-state index contributed by atoms with van der Waals surface area (Å²) in [5.41, 5.74) is 4.84. The summed E-state index contributed by atoms with van der Waals surface area (Å²) in [6.07, 6.45) is -6.72. The van der Waals surface area contributed by atoms with Crippen molar-refractivity contribution in [2.75, 3.05) is 5.73 Å². The van der Waals surface area contributed by atoms with Crippen molar-refractivity contribution >= 4 is 11.7 Å². The second kappa shape index (κ2) is 4.52. The predicted octanol–water partition coefficient (Wildman–Crippen LogP) is 2.30. The van der Waals surface area contributed by atoms with E-state index in [0.717, 1.165) is 13.0 Å². The van der Waals surface area contributed by atoms with Crippen LogP contribution in [0, 0.1) is 0 Å². The molecule has 94 valence electrons. The highest BCUT2D eigenvalue weighted by molar-refractivity contribution is 5.93. The highest BCUT2D eigenvalue weighted by atomic mass is 19.4. The number of hydrogen-bond donors (Lipinski definition) is 2. The van der Waals surface area contributed by atoms with Gasteiger partial charge in [-0.1, -0.05) is 6.07 Å². The number of benzene rings is 1. The molecule has 0 saturated carbocycles. The Balaban J connectivity index is 3.09. The SMILES string of the molecule is CC(Oc1c(N)cccc1C(=O)O)C(F)(F)F. The maximum atomic E-state index is 12.3. The van der Waals surface area contributed by atoms with Gasteiger partial charge in [-0.15, -0.1) is 0 Å². The van der Waals surface area contributed by atoms with E-state index in [0.29, 0.717) is 0 Å². The molecule has 0 aliphatic heterocycles. The Hall–Kier alpha value is -1.92. The maximum absolute atomic E-state index is 12.3. The van der Waals surface area contributed by atoms with Crippen LogP contribution < -0.4 is 10.5 Å². The fraction of sp³-hybridized carbons (Fsp3) is 0.300. The van der Waals surface area contributed by atoms with Crippen molar-refractivity contribution < 1.29 is 27.8 Å². The number of aromatic carboxylic acids is 1. The molecule has 0 amide bonds. The summed E-state index contributed by atoms with van der Waals surface area (Å²) in [7, 11) is 0. The molecule has 0 aliphatic rings. The lowest BCUT2D eigenvalue weighted by Crippen LogP contribution is -2.32. The Kier molecular flexibility index (Phi) is 3.50. The van der Waals surface area contributed by atoms with E-state index in [2.05, 4.69) is 4.74 Å². The molecule has 3 N–H and O–H groups in total. The van der Waals surface area contributed by atoms with Crippen molar-refractivity contribution in [3.8, 4) is 5.75 Å². The molecular formula is C10H10F3NO3. The molecular weight excluding hydrogens is 239 g/mol. The first-order chi connectivity index (χ1) is 7.73.